The molecule has 4 nitrogen and oxygen atoms in total. The van der Waals surface area contributed by atoms with Gasteiger partial charge in [0.2, 0.25) is 0 Å². The van der Waals surface area contributed by atoms with Crippen LogP contribution in [0.25, 0.3) is 0 Å². The number of halogens is 1. The molecular formula is C14H27BrN4. The Bertz CT molecular complexity index is 412. The third-order valence-corrected chi connectivity index (χ3v) is 4.51. The number of rotatable bonds is 7. The zero-order valence-corrected chi connectivity index (χ0v) is 14.4. The summed E-state index contributed by atoms with van der Waals surface area (Å²) in [5.74, 6) is 0. The summed E-state index contributed by atoms with van der Waals surface area (Å²) in [6.45, 7) is 15.3. The minimum atomic E-state index is 0.147. The summed E-state index contributed by atoms with van der Waals surface area (Å²) in [5, 5.41) is 4.55. The first kappa shape index (κ1) is 16.7. The first-order valence-electron chi connectivity index (χ1n) is 6.98. The van der Waals surface area contributed by atoms with Crippen LogP contribution in [0.5, 0.6) is 0 Å². The van der Waals surface area contributed by atoms with Crippen molar-refractivity contribution < 1.29 is 0 Å². The maximum absolute atomic E-state index is 5.84. The average molecular weight is 331 g/mol. The molecule has 19 heavy (non-hydrogen) atoms. The number of hydrogen-bond acceptors (Lipinski definition) is 3. The SMILES string of the molecule is CCN(Cc1c(Br)c(C)nn1CC)CC(C)(C)CN. The molecule has 0 saturated carbocycles. The van der Waals surface area contributed by atoms with Gasteiger partial charge in [0.15, 0.2) is 0 Å². The molecule has 0 spiro atoms. The fraction of sp³-hybridized carbons (Fsp3) is 0.786. The third-order valence-electron chi connectivity index (χ3n) is 3.48. The van der Waals surface area contributed by atoms with Gasteiger partial charge < -0.3 is 5.73 Å². The summed E-state index contributed by atoms with van der Waals surface area (Å²) < 4.78 is 3.22. The molecule has 5 heteroatoms. The first-order chi connectivity index (χ1) is 8.84. The van der Waals surface area contributed by atoms with Gasteiger partial charge in [0.25, 0.3) is 0 Å². The van der Waals surface area contributed by atoms with E-state index in [2.05, 4.69) is 58.3 Å². The molecular weight excluding hydrogens is 304 g/mol. The van der Waals surface area contributed by atoms with E-state index in [1.807, 2.05) is 6.92 Å². The van der Waals surface area contributed by atoms with Crippen molar-refractivity contribution in [3.8, 4) is 0 Å². The zero-order chi connectivity index (χ0) is 14.6. The lowest BCUT2D eigenvalue weighted by molar-refractivity contribution is 0.179. The van der Waals surface area contributed by atoms with E-state index < -0.39 is 0 Å². The van der Waals surface area contributed by atoms with E-state index in [0.717, 1.165) is 36.3 Å². The summed E-state index contributed by atoms with van der Waals surface area (Å²) in [6.07, 6.45) is 0. The van der Waals surface area contributed by atoms with Crippen LogP contribution in [0, 0.1) is 12.3 Å². The number of nitrogens with zero attached hydrogens (tertiary/aromatic N) is 3. The normalized spacial score (nSPS) is 12.4. The summed E-state index contributed by atoms with van der Waals surface area (Å²) in [6, 6.07) is 0. The van der Waals surface area contributed by atoms with Crippen molar-refractivity contribution in [1.29, 1.82) is 0 Å². The van der Waals surface area contributed by atoms with E-state index in [4.69, 9.17) is 5.73 Å². The average Bonchev–Trinajstić information content (AvgIpc) is 2.65. The van der Waals surface area contributed by atoms with Crippen LogP contribution in [0.2, 0.25) is 0 Å². The second kappa shape index (κ2) is 6.86. The maximum atomic E-state index is 5.84. The number of aryl methyl sites for hydroxylation is 2. The van der Waals surface area contributed by atoms with Crippen molar-refractivity contribution in [1.82, 2.24) is 14.7 Å². The molecule has 110 valence electrons. The number of aromatic nitrogens is 2. The van der Waals surface area contributed by atoms with Crippen LogP contribution in [-0.4, -0.2) is 34.3 Å². The number of nitrogens with two attached hydrogens (primary N) is 1. The molecule has 1 rings (SSSR count). The fourth-order valence-corrected chi connectivity index (χ4v) is 2.59. The Balaban J connectivity index is 2.87. The molecule has 0 saturated heterocycles. The molecule has 1 aromatic rings. The molecule has 2 N–H and O–H groups in total. The second-order valence-electron chi connectivity index (χ2n) is 5.83. The largest absolute Gasteiger partial charge is 0.330 e. The van der Waals surface area contributed by atoms with Crippen LogP contribution < -0.4 is 5.73 Å². The smallest absolute Gasteiger partial charge is 0.0739 e. The van der Waals surface area contributed by atoms with Crippen LogP contribution in [0.3, 0.4) is 0 Å². The van der Waals surface area contributed by atoms with Crippen molar-refractivity contribution in [3.05, 3.63) is 15.9 Å². The summed E-state index contributed by atoms with van der Waals surface area (Å²) in [5.41, 5.74) is 8.31. The number of hydrogen-bond donors (Lipinski definition) is 1. The van der Waals surface area contributed by atoms with Gasteiger partial charge in [0, 0.05) is 19.6 Å². The van der Waals surface area contributed by atoms with Crippen molar-refractivity contribution in [3.63, 3.8) is 0 Å². The predicted molar refractivity (Wildman–Crippen MR) is 84.1 cm³/mol. The van der Waals surface area contributed by atoms with Gasteiger partial charge in [0.1, 0.15) is 0 Å². The molecule has 1 heterocycles. The quantitative estimate of drug-likeness (QED) is 0.836. The van der Waals surface area contributed by atoms with Gasteiger partial charge in [-0.2, -0.15) is 5.10 Å². The van der Waals surface area contributed by atoms with E-state index >= 15 is 0 Å². The second-order valence-corrected chi connectivity index (χ2v) is 6.63. The van der Waals surface area contributed by atoms with Crippen molar-refractivity contribution in [2.75, 3.05) is 19.6 Å². The van der Waals surface area contributed by atoms with Crippen molar-refractivity contribution in [2.24, 2.45) is 11.1 Å². The Morgan fingerprint density at radius 3 is 2.47 bits per heavy atom. The molecule has 0 atom stereocenters. The van der Waals surface area contributed by atoms with E-state index in [1.54, 1.807) is 0 Å². The Hall–Kier alpha value is -0.390. The van der Waals surface area contributed by atoms with Crippen LogP contribution >= 0.6 is 15.9 Å². The molecule has 0 fully saturated rings. The molecule has 1 aromatic heterocycles. The van der Waals surface area contributed by atoms with Gasteiger partial charge in [0.05, 0.1) is 15.9 Å². The van der Waals surface area contributed by atoms with Crippen molar-refractivity contribution >= 4 is 15.9 Å². The van der Waals surface area contributed by atoms with E-state index in [9.17, 15) is 0 Å². The fourth-order valence-electron chi connectivity index (χ4n) is 2.18. The summed E-state index contributed by atoms with van der Waals surface area (Å²) in [7, 11) is 0. The molecule has 0 unspecified atom stereocenters. The predicted octanol–water partition coefficient (Wildman–Crippen LogP) is 2.78. The zero-order valence-electron chi connectivity index (χ0n) is 12.8. The van der Waals surface area contributed by atoms with Gasteiger partial charge in [-0.25, -0.2) is 0 Å². The molecule has 0 aliphatic heterocycles. The van der Waals surface area contributed by atoms with Gasteiger partial charge in [-0.3, -0.25) is 9.58 Å². The lowest BCUT2D eigenvalue weighted by Gasteiger charge is -2.31. The molecule has 0 radical (unpaired) electrons. The van der Waals surface area contributed by atoms with Gasteiger partial charge in [-0.1, -0.05) is 20.8 Å². The highest BCUT2D eigenvalue weighted by molar-refractivity contribution is 9.10. The van der Waals surface area contributed by atoms with E-state index in [1.165, 1.54) is 5.69 Å². The highest BCUT2D eigenvalue weighted by Gasteiger charge is 2.21. The highest BCUT2D eigenvalue weighted by Crippen LogP contribution is 2.24. The van der Waals surface area contributed by atoms with Gasteiger partial charge in [-0.15, -0.1) is 0 Å². The van der Waals surface area contributed by atoms with Crippen LogP contribution in [0.15, 0.2) is 4.47 Å². The summed E-state index contributed by atoms with van der Waals surface area (Å²) in [4.78, 5) is 2.43. The van der Waals surface area contributed by atoms with Gasteiger partial charge in [-0.05, 0) is 48.3 Å². The topological polar surface area (TPSA) is 47.1 Å². The Morgan fingerprint density at radius 1 is 1.37 bits per heavy atom. The Kier molecular flexibility index (Phi) is 6.02. The molecule has 0 aliphatic carbocycles. The van der Waals surface area contributed by atoms with Crippen LogP contribution in [0.1, 0.15) is 39.1 Å². The first-order valence-corrected chi connectivity index (χ1v) is 7.78. The monoisotopic (exact) mass is 330 g/mol. The Morgan fingerprint density at radius 2 is 2.00 bits per heavy atom. The van der Waals surface area contributed by atoms with Gasteiger partial charge >= 0.3 is 0 Å². The molecule has 0 aliphatic rings. The molecule has 0 bridgehead atoms. The summed E-state index contributed by atoms with van der Waals surface area (Å²) >= 11 is 3.66. The lowest BCUT2D eigenvalue weighted by Crippen LogP contribution is -2.38. The minimum Gasteiger partial charge on any atom is -0.330 e. The standard InChI is InChI=1S/C14H27BrN4/c1-6-18(10-14(4,5)9-16)8-12-13(15)11(3)17-19(12)7-2/h6-10,16H2,1-5H3. The lowest BCUT2D eigenvalue weighted by atomic mass is 9.93. The third kappa shape index (κ3) is 4.29. The van der Waals surface area contributed by atoms with Crippen LogP contribution in [0.4, 0.5) is 0 Å². The highest BCUT2D eigenvalue weighted by atomic mass is 79.9. The van der Waals surface area contributed by atoms with Crippen LogP contribution in [-0.2, 0) is 13.1 Å². The molecule has 0 amide bonds. The minimum absolute atomic E-state index is 0.147. The Labute approximate surface area is 125 Å². The molecule has 0 aromatic carbocycles. The maximum Gasteiger partial charge on any atom is 0.0739 e. The van der Waals surface area contributed by atoms with Crippen molar-refractivity contribution in [2.45, 2.75) is 47.7 Å². The van der Waals surface area contributed by atoms with E-state index in [-0.39, 0.29) is 5.41 Å². The van der Waals surface area contributed by atoms with E-state index in [0.29, 0.717) is 6.54 Å².